The molecule has 2 N–H and O–H groups in total. The summed E-state index contributed by atoms with van der Waals surface area (Å²) in [5, 5.41) is 3.79. The van der Waals surface area contributed by atoms with Gasteiger partial charge in [0.25, 0.3) is 11.8 Å². The van der Waals surface area contributed by atoms with E-state index in [1.807, 2.05) is 32.0 Å². The van der Waals surface area contributed by atoms with Gasteiger partial charge in [-0.15, -0.1) is 0 Å². The third-order valence-electron chi connectivity index (χ3n) is 4.58. The first-order valence-electron chi connectivity index (χ1n) is 9.53. The van der Waals surface area contributed by atoms with Gasteiger partial charge in [-0.2, -0.15) is 0 Å². The van der Waals surface area contributed by atoms with Crippen LogP contribution in [0.2, 0.25) is 0 Å². The second-order valence-corrected chi connectivity index (χ2v) is 7.24. The molecule has 8 heteroatoms. The molecule has 1 fully saturated rings. The molecule has 1 atom stereocenters. The molecule has 3 amide bonds. The Kier molecular flexibility index (Phi) is 6.46. The molecule has 0 spiro atoms. The van der Waals surface area contributed by atoms with E-state index in [0.717, 1.165) is 16.1 Å². The average molecular weight is 409 g/mol. The third kappa shape index (κ3) is 5.44. The Morgan fingerprint density at radius 3 is 2.40 bits per heavy atom. The fourth-order valence-corrected chi connectivity index (χ4v) is 3.25. The van der Waals surface area contributed by atoms with Crippen LogP contribution in [-0.4, -0.2) is 41.9 Å². The lowest BCUT2D eigenvalue weighted by Crippen LogP contribution is -2.43. The molecule has 0 aromatic heterocycles. The molecule has 0 saturated carbocycles. The molecule has 1 aliphatic rings. The zero-order chi connectivity index (χ0) is 21.7. The summed E-state index contributed by atoms with van der Waals surface area (Å²) in [7, 11) is 0. The van der Waals surface area contributed by atoms with Crippen molar-refractivity contribution in [1.82, 2.24) is 10.4 Å². The molecule has 2 aromatic carbocycles. The average Bonchev–Trinajstić information content (AvgIpc) is 3.06. The number of carbonyl (C=O) groups excluding carboxylic acids is 4. The maximum Gasteiger partial charge on any atom is 0.311 e. The highest BCUT2D eigenvalue weighted by molar-refractivity contribution is 5.97. The van der Waals surface area contributed by atoms with Crippen molar-refractivity contribution >= 4 is 29.4 Å². The lowest BCUT2D eigenvalue weighted by atomic mass is 10.1. The topological polar surface area (TPSA) is 105 Å². The van der Waals surface area contributed by atoms with Crippen LogP contribution in [0, 0.1) is 19.8 Å². The van der Waals surface area contributed by atoms with Crippen LogP contribution in [0.3, 0.4) is 0 Å². The number of hydrogen-bond acceptors (Lipinski definition) is 5. The Morgan fingerprint density at radius 1 is 1.07 bits per heavy atom. The first-order chi connectivity index (χ1) is 14.3. The van der Waals surface area contributed by atoms with Crippen molar-refractivity contribution in [3.05, 3.63) is 65.2 Å². The standard InChI is InChI=1S/C22H23N3O5/c1-14-8-15(2)10-18(9-14)23-19(26)13-30-22(29)17-11-20(27)25(12-17)24-21(28)16-6-4-3-5-7-16/h3-10,17H,11-13H2,1-2H3,(H,23,26)(H,24,28)/t17-/m0/s1. The fraction of sp³-hybridized carbons (Fsp3) is 0.273. The predicted octanol–water partition coefficient (Wildman–Crippen LogP) is 1.98. The van der Waals surface area contributed by atoms with Crippen molar-refractivity contribution < 1.29 is 23.9 Å². The summed E-state index contributed by atoms with van der Waals surface area (Å²) < 4.78 is 5.06. The summed E-state index contributed by atoms with van der Waals surface area (Å²) in [4.78, 5) is 48.6. The predicted molar refractivity (Wildman–Crippen MR) is 109 cm³/mol. The molecule has 2 aromatic rings. The largest absolute Gasteiger partial charge is 0.455 e. The number of nitrogens with one attached hydrogen (secondary N) is 2. The third-order valence-corrected chi connectivity index (χ3v) is 4.58. The summed E-state index contributed by atoms with van der Waals surface area (Å²) >= 11 is 0. The number of hydrazine groups is 1. The van der Waals surface area contributed by atoms with Crippen LogP contribution in [0.1, 0.15) is 27.9 Å². The molecule has 30 heavy (non-hydrogen) atoms. The normalized spacial score (nSPS) is 15.6. The van der Waals surface area contributed by atoms with Gasteiger partial charge in [0.05, 0.1) is 12.5 Å². The van der Waals surface area contributed by atoms with E-state index in [1.54, 1.807) is 30.3 Å². The molecule has 0 unspecified atom stereocenters. The van der Waals surface area contributed by atoms with E-state index >= 15 is 0 Å². The summed E-state index contributed by atoms with van der Waals surface area (Å²) in [5.41, 5.74) is 5.53. The van der Waals surface area contributed by atoms with Gasteiger partial charge in [-0.05, 0) is 49.2 Å². The van der Waals surface area contributed by atoms with Crippen LogP contribution in [0.5, 0.6) is 0 Å². The summed E-state index contributed by atoms with van der Waals surface area (Å²) in [6, 6.07) is 14.1. The van der Waals surface area contributed by atoms with E-state index in [-0.39, 0.29) is 18.9 Å². The number of rotatable bonds is 6. The highest BCUT2D eigenvalue weighted by Gasteiger charge is 2.36. The highest BCUT2D eigenvalue weighted by Crippen LogP contribution is 2.18. The zero-order valence-corrected chi connectivity index (χ0v) is 16.8. The minimum atomic E-state index is -0.748. The Hall–Kier alpha value is -3.68. The maximum atomic E-state index is 12.3. The van der Waals surface area contributed by atoms with Crippen LogP contribution >= 0.6 is 0 Å². The van der Waals surface area contributed by atoms with Crippen LogP contribution in [0.25, 0.3) is 0 Å². The summed E-state index contributed by atoms with van der Waals surface area (Å²) in [6.45, 7) is 3.38. The molecule has 3 rings (SSSR count). The van der Waals surface area contributed by atoms with Gasteiger partial charge in [0.2, 0.25) is 5.91 Å². The van der Waals surface area contributed by atoms with Gasteiger partial charge < -0.3 is 10.1 Å². The fourth-order valence-electron chi connectivity index (χ4n) is 3.25. The van der Waals surface area contributed by atoms with Crippen molar-refractivity contribution in [2.24, 2.45) is 5.92 Å². The smallest absolute Gasteiger partial charge is 0.311 e. The number of aryl methyl sites for hydroxylation is 2. The number of nitrogens with zero attached hydrogens (tertiary/aromatic N) is 1. The summed E-state index contributed by atoms with van der Waals surface area (Å²) in [6.07, 6.45) is -0.0907. The molecular weight excluding hydrogens is 386 g/mol. The van der Waals surface area contributed by atoms with Crippen molar-refractivity contribution in [2.75, 3.05) is 18.5 Å². The Morgan fingerprint density at radius 2 is 1.73 bits per heavy atom. The number of esters is 1. The molecule has 0 aliphatic carbocycles. The number of benzene rings is 2. The molecule has 156 valence electrons. The van der Waals surface area contributed by atoms with Gasteiger partial charge >= 0.3 is 5.97 Å². The van der Waals surface area contributed by atoms with E-state index < -0.39 is 30.3 Å². The maximum absolute atomic E-state index is 12.3. The van der Waals surface area contributed by atoms with Gasteiger partial charge in [-0.25, -0.2) is 0 Å². The first-order valence-corrected chi connectivity index (χ1v) is 9.53. The first kappa shape index (κ1) is 21.0. The molecule has 1 heterocycles. The number of carbonyl (C=O) groups is 4. The van der Waals surface area contributed by atoms with Gasteiger partial charge in [0, 0.05) is 17.7 Å². The molecule has 1 saturated heterocycles. The second kappa shape index (κ2) is 9.21. The Bertz CT molecular complexity index is 954. The van der Waals surface area contributed by atoms with Gasteiger partial charge in [0.15, 0.2) is 6.61 Å². The number of ether oxygens (including phenoxy) is 1. The van der Waals surface area contributed by atoms with Crippen LogP contribution in [0.15, 0.2) is 48.5 Å². The minimum absolute atomic E-state index is 0.00503. The zero-order valence-electron chi connectivity index (χ0n) is 16.8. The van der Waals surface area contributed by atoms with E-state index in [2.05, 4.69) is 10.7 Å². The lowest BCUT2D eigenvalue weighted by Gasteiger charge is -2.17. The monoisotopic (exact) mass is 409 g/mol. The van der Waals surface area contributed by atoms with E-state index in [9.17, 15) is 19.2 Å². The van der Waals surface area contributed by atoms with Crippen LogP contribution < -0.4 is 10.7 Å². The number of anilines is 1. The molecule has 0 radical (unpaired) electrons. The van der Waals surface area contributed by atoms with Crippen LogP contribution in [-0.2, 0) is 19.1 Å². The molecular formula is C22H23N3O5. The highest BCUT2D eigenvalue weighted by atomic mass is 16.5. The lowest BCUT2D eigenvalue weighted by molar-refractivity contribution is -0.151. The summed E-state index contributed by atoms with van der Waals surface area (Å²) in [5.74, 6) is -2.70. The Labute approximate surface area is 174 Å². The van der Waals surface area contributed by atoms with Crippen LogP contribution in [0.4, 0.5) is 5.69 Å². The number of amides is 3. The minimum Gasteiger partial charge on any atom is -0.455 e. The number of hydrogen-bond donors (Lipinski definition) is 2. The molecule has 0 bridgehead atoms. The van der Waals surface area contributed by atoms with Gasteiger partial charge in [0.1, 0.15) is 0 Å². The Balaban J connectivity index is 1.48. The van der Waals surface area contributed by atoms with Gasteiger partial charge in [-0.3, -0.25) is 29.6 Å². The molecule has 1 aliphatic heterocycles. The molecule has 8 nitrogen and oxygen atoms in total. The van der Waals surface area contributed by atoms with E-state index in [1.165, 1.54) is 0 Å². The van der Waals surface area contributed by atoms with E-state index in [4.69, 9.17) is 4.74 Å². The van der Waals surface area contributed by atoms with Gasteiger partial charge in [-0.1, -0.05) is 24.3 Å². The van der Waals surface area contributed by atoms with Crippen molar-refractivity contribution in [1.29, 1.82) is 0 Å². The second-order valence-electron chi connectivity index (χ2n) is 7.24. The van der Waals surface area contributed by atoms with Crippen molar-refractivity contribution in [3.63, 3.8) is 0 Å². The SMILES string of the molecule is Cc1cc(C)cc(NC(=O)COC(=O)[C@H]2CC(=O)N(NC(=O)c3ccccc3)C2)c1. The van der Waals surface area contributed by atoms with Crippen molar-refractivity contribution in [3.8, 4) is 0 Å². The van der Waals surface area contributed by atoms with E-state index in [0.29, 0.717) is 11.3 Å². The quantitative estimate of drug-likeness (QED) is 0.710. The van der Waals surface area contributed by atoms with Crippen molar-refractivity contribution in [2.45, 2.75) is 20.3 Å².